The first-order chi connectivity index (χ1) is 10.0. The monoisotopic (exact) mass is 283 g/mol. The molecule has 0 saturated carbocycles. The fourth-order valence-electron chi connectivity index (χ4n) is 2.16. The van der Waals surface area contributed by atoms with Crippen LogP contribution in [0.1, 0.15) is 16.7 Å². The van der Waals surface area contributed by atoms with E-state index < -0.39 is 0 Å². The number of carbonyl (C=O) groups is 1. The lowest BCUT2D eigenvalue weighted by Gasteiger charge is -2.15. The van der Waals surface area contributed by atoms with Gasteiger partial charge >= 0.3 is 0 Å². The smallest absolute Gasteiger partial charge is 0.250 e. The largest absolute Gasteiger partial charge is 0.275 e. The first kappa shape index (κ1) is 15.3. The van der Waals surface area contributed by atoms with Crippen molar-refractivity contribution in [2.24, 2.45) is 0 Å². The molecule has 0 atom stereocenters. The number of benzene rings is 2. The quantitative estimate of drug-likeness (QED) is 0.803. The van der Waals surface area contributed by atoms with E-state index in [1.165, 1.54) is 17.7 Å². The predicted octanol–water partition coefficient (Wildman–Crippen LogP) is 3.53. The molecule has 0 aliphatic heterocycles. The Morgan fingerprint density at radius 2 is 1.67 bits per heavy atom. The van der Waals surface area contributed by atoms with Crippen molar-refractivity contribution in [1.29, 1.82) is 0 Å². The van der Waals surface area contributed by atoms with E-state index >= 15 is 0 Å². The van der Waals surface area contributed by atoms with Gasteiger partial charge in [-0.3, -0.25) is 9.63 Å². The van der Waals surface area contributed by atoms with Gasteiger partial charge in [-0.05, 0) is 36.1 Å². The van der Waals surface area contributed by atoms with Crippen LogP contribution < -0.4 is 0 Å². The van der Waals surface area contributed by atoms with Crippen LogP contribution in [0.15, 0.2) is 42.5 Å². The van der Waals surface area contributed by atoms with Crippen molar-refractivity contribution in [3.63, 3.8) is 0 Å². The Labute approximate surface area is 126 Å². The van der Waals surface area contributed by atoms with Crippen molar-refractivity contribution in [3.05, 3.63) is 59.2 Å². The zero-order valence-corrected chi connectivity index (χ0v) is 13.0. The van der Waals surface area contributed by atoms with Gasteiger partial charge < -0.3 is 0 Å². The van der Waals surface area contributed by atoms with Gasteiger partial charge in [0.2, 0.25) is 5.91 Å². The van der Waals surface area contributed by atoms with Gasteiger partial charge in [0, 0.05) is 7.05 Å². The highest BCUT2D eigenvalue weighted by atomic mass is 16.7. The van der Waals surface area contributed by atoms with E-state index in [1.807, 2.05) is 6.92 Å². The van der Waals surface area contributed by atoms with Crippen molar-refractivity contribution in [2.45, 2.75) is 20.3 Å². The van der Waals surface area contributed by atoms with Crippen molar-refractivity contribution in [2.75, 3.05) is 14.2 Å². The Bertz CT molecular complexity index is 632. The second-order valence-electron chi connectivity index (χ2n) is 5.26. The lowest BCUT2D eigenvalue weighted by Crippen LogP contribution is -2.27. The van der Waals surface area contributed by atoms with Crippen LogP contribution in [0, 0.1) is 13.8 Å². The van der Waals surface area contributed by atoms with Crippen LogP contribution in [0.25, 0.3) is 11.1 Å². The van der Waals surface area contributed by atoms with E-state index in [4.69, 9.17) is 4.84 Å². The molecule has 0 heterocycles. The summed E-state index contributed by atoms with van der Waals surface area (Å²) in [6, 6.07) is 14.6. The molecule has 110 valence electrons. The average Bonchev–Trinajstić information content (AvgIpc) is 2.49. The Morgan fingerprint density at radius 1 is 1.05 bits per heavy atom. The summed E-state index contributed by atoms with van der Waals surface area (Å²) >= 11 is 0. The lowest BCUT2D eigenvalue weighted by molar-refractivity contribution is -0.167. The molecule has 0 saturated heterocycles. The minimum Gasteiger partial charge on any atom is -0.275 e. The summed E-state index contributed by atoms with van der Waals surface area (Å²) in [5.74, 6) is -0.0540. The van der Waals surface area contributed by atoms with Crippen LogP contribution in [-0.2, 0) is 16.1 Å². The molecule has 2 rings (SSSR count). The number of nitrogens with zero attached hydrogens (tertiary/aromatic N) is 1. The highest BCUT2D eigenvalue weighted by Gasteiger charge is 2.11. The fraction of sp³-hybridized carbons (Fsp3) is 0.278. The number of carbonyl (C=O) groups excluding carboxylic acids is 1. The molecule has 3 heteroatoms. The molecular formula is C18H21NO2. The number of aryl methyl sites for hydroxylation is 2. The number of likely N-dealkylation sites (N-methyl/N-ethyl adjacent to an activating group) is 1. The van der Waals surface area contributed by atoms with Gasteiger partial charge in [0.1, 0.15) is 0 Å². The zero-order chi connectivity index (χ0) is 15.4. The minimum atomic E-state index is -0.0540. The first-order valence-electron chi connectivity index (χ1n) is 6.98. The molecule has 1 amide bonds. The topological polar surface area (TPSA) is 29.5 Å². The molecule has 2 aromatic rings. The van der Waals surface area contributed by atoms with Crippen LogP contribution in [0.5, 0.6) is 0 Å². The van der Waals surface area contributed by atoms with Crippen LogP contribution in [-0.4, -0.2) is 25.1 Å². The minimum absolute atomic E-state index is 0.0540. The maximum Gasteiger partial charge on any atom is 0.250 e. The second-order valence-corrected chi connectivity index (χ2v) is 5.26. The summed E-state index contributed by atoms with van der Waals surface area (Å²) in [7, 11) is 3.12. The van der Waals surface area contributed by atoms with Gasteiger partial charge in [-0.25, -0.2) is 5.06 Å². The summed E-state index contributed by atoms with van der Waals surface area (Å²) in [6.07, 6.45) is 0.343. The zero-order valence-electron chi connectivity index (χ0n) is 13.0. The summed E-state index contributed by atoms with van der Waals surface area (Å²) < 4.78 is 0. The van der Waals surface area contributed by atoms with E-state index in [2.05, 4.69) is 49.4 Å². The number of amides is 1. The third-order valence-electron chi connectivity index (χ3n) is 3.70. The molecule has 0 radical (unpaired) electrons. The molecule has 0 spiro atoms. The molecule has 0 aromatic heterocycles. The third kappa shape index (κ3) is 3.70. The first-order valence-corrected chi connectivity index (χ1v) is 6.98. The molecule has 2 aromatic carbocycles. The van der Waals surface area contributed by atoms with Crippen molar-refractivity contribution >= 4 is 5.91 Å². The predicted molar refractivity (Wildman–Crippen MR) is 84.8 cm³/mol. The molecule has 0 unspecified atom stereocenters. The van der Waals surface area contributed by atoms with Gasteiger partial charge in [-0.1, -0.05) is 48.0 Å². The van der Waals surface area contributed by atoms with Crippen molar-refractivity contribution in [1.82, 2.24) is 5.06 Å². The Balaban J connectivity index is 2.29. The van der Waals surface area contributed by atoms with Crippen LogP contribution in [0.3, 0.4) is 0 Å². The third-order valence-corrected chi connectivity index (χ3v) is 3.70. The van der Waals surface area contributed by atoms with Gasteiger partial charge in [0.25, 0.3) is 0 Å². The molecular weight excluding hydrogens is 262 g/mol. The van der Waals surface area contributed by atoms with Gasteiger partial charge in [0.15, 0.2) is 0 Å². The molecule has 0 aliphatic carbocycles. The average molecular weight is 283 g/mol. The second kappa shape index (κ2) is 6.55. The highest BCUT2D eigenvalue weighted by Crippen LogP contribution is 2.23. The maximum absolute atomic E-state index is 12.0. The van der Waals surface area contributed by atoms with Crippen LogP contribution in [0.4, 0.5) is 0 Å². The summed E-state index contributed by atoms with van der Waals surface area (Å²) in [5.41, 5.74) is 5.67. The Kier molecular flexibility index (Phi) is 4.76. The van der Waals surface area contributed by atoms with E-state index in [0.717, 1.165) is 22.3 Å². The van der Waals surface area contributed by atoms with Gasteiger partial charge in [-0.2, -0.15) is 0 Å². The number of hydrogen-bond acceptors (Lipinski definition) is 2. The summed E-state index contributed by atoms with van der Waals surface area (Å²) in [5, 5.41) is 1.26. The molecule has 0 bridgehead atoms. The summed E-state index contributed by atoms with van der Waals surface area (Å²) in [4.78, 5) is 16.9. The van der Waals surface area contributed by atoms with E-state index in [-0.39, 0.29) is 5.91 Å². The summed E-state index contributed by atoms with van der Waals surface area (Å²) in [6.45, 7) is 4.10. The molecule has 0 aliphatic rings. The molecule has 0 fully saturated rings. The lowest BCUT2D eigenvalue weighted by atomic mass is 9.97. The highest BCUT2D eigenvalue weighted by molar-refractivity contribution is 5.79. The Morgan fingerprint density at radius 3 is 2.29 bits per heavy atom. The Hall–Kier alpha value is -2.13. The molecule has 21 heavy (non-hydrogen) atoms. The number of hydrogen-bond donors (Lipinski definition) is 0. The van der Waals surface area contributed by atoms with Gasteiger partial charge in [-0.15, -0.1) is 0 Å². The standard InChI is InChI=1S/C18H21NO2/c1-13-5-8-15(9-6-13)16-10-7-14(2)17(11-16)12-18(20)19(3)21-4/h5-11H,12H2,1-4H3. The van der Waals surface area contributed by atoms with E-state index in [9.17, 15) is 4.79 Å². The van der Waals surface area contributed by atoms with E-state index in [0.29, 0.717) is 6.42 Å². The van der Waals surface area contributed by atoms with E-state index in [1.54, 1.807) is 7.05 Å². The van der Waals surface area contributed by atoms with Crippen molar-refractivity contribution < 1.29 is 9.63 Å². The SMILES string of the molecule is CON(C)C(=O)Cc1cc(-c2ccc(C)cc2)ccc1C. The maximum atomic E-state index is 12.0. The van der Waals surface area contributed by atoms with Crippen molar-refractivity contribution in [3.8, 4) is 11.1 Å². The normalized spacial score (nSPS) is 10.5. The molecule has 3 nitrogen and oxygen atoms in total. The van der Waals surface area contributed by atoms with Gasteiger partial charge in [0.05, 0.1) is 13.5 Å². The fourth-order valence-corrected chi connectivity index (χ4v) is 2.16. The number of hydroxylamine groups is 2. The van der Waals surface area contributed by atoms with Crippen LogP contribution >= 0.6 is 0 Å². The number of rotatable bonds is 4. The van der Waals surface area contributed by atoms with Crippen LogP contribution in [0.2, 0.25) is 0 Å². The molecule has 0 N–H and O–H groups in total.